The molecular weight excluding hydrogens is 254 g/mol. The van der Waals surface area contributed by atoms with Crippen molar-refractivity contribution in [1.29, 1.82) is 0 Å². The third-order valence-electron chi connectivity index (χ3n) is 3.07. The Morgan fingerprint density at radius 3 is 2.55 bits per heavy atom. The fourth-order valence-corrected chi connectivity index (χ4v) is 2.08. The fraction of sp³-hybridized carbons (Fsp3) is 0.312. The molecule has 0 fully saturated rings. The number of hydrogen-bond acceptors (Lipinski definition) is 4. The van der Waals surface area contributed by atoms with E-state index in [0.717, 1.165) is 5.56 Å². The molecule has 106 valence electrons. The molecule has 0 aliphatic rings. The first kappa shape index (κ1) is 14.5. The molecule has 0 saturated carbocycles. The topological polar surface area (TPSA) is 51.6 Å². The van der Waals surface area contributed by atoms with E-state index < -0.39 is 12.2 Å². The molecular formula is C16H19NO3. The summed E-state index contributed by atoms with van der Waals surface area (Å²) in [4.78, 5) is 4.07. The van der Waals surface area contributed by atoms with Gasteiger partial charge >= 0.3 is 0 Å². The lowest BCUT2D eigenvalue weighted by Crippen LogP contribution is -2.15. The summed E-state index contributed by atoms with van der Waals surface area (Å²) >= 11 is 0. The summed E-state index contributed by atoms with van der Waals surface area (Å²) in [6.45, 7) is 2.43. The minimum absolute atomic E-state index is 0.421. The van der Waals surface area contributed by atoms with Crippen LogP contribution in [0.1, 0.15) is 30.3 Å². The average Bonchev–Trinajstić information content (AvgIpc) is 2.53. The molecule has 0 saturated heterocycles. The van der Waals surface area contributed by atoms with Crippen LogP contribution in [0.25, 0.3) is 0 Å². The van der Waals surface area contributed by atoms with Crippen molar-refractivity contribution in [3.63, 3.8) is 0 Å². The molecule has 1 aromatic heterocycles. The summed E-state index contributed by atoms with van der Waals surface area (Å²) in [6.07, 6.45) is 2.02. The van der Waals surface area contributed by atoms with Crippen molar-refractivity contribution in [3.05, 3.63) is 59.9 Å². The van der Waals surface area contributed by atoms with E-state index in [9.17, 15) is 5.11 Å². The molecule has 0 amide bonds. The van der Waals surface area contributed by atoms with E-state index in [0.29, 0.717) is 17.9 Å². The van der Waals surface area contributed by atoms with E-state index in [1.807, 2.05) is 37.3 Å². The van der Waals surface area contributed by atoms with Crippen LogP contribution in [-0.2, 0) is 4.74 Å². The van der Waals surface area contributed by atoms with Crippen LogP contribution in [0.3, 0.4) is 0 Å². The Labute approximate surface area is 119 Å². The van der Waals surface area contributed by atoms with Gasteiger partial charge in [-0.1, -0.05) is 30.3 Å². The van der Waals surface area contributed by atoms with E-state index in [1.165, 1.54) is 0 Å². The second kappa shape index (κ2) is 7.03. The van der Waals surface area contributed by atoms with Crippen LogP contribution >= 0.6 is 0 Å². The van der Waals surface area contributed by atoms with Gasteiger partial charge in [-0.2, -0.15) is 0 Å². The molecule has 2 unspecified atom stereocenters. The minimum Gasteiger partial charge on any atom is -0.495 e. The SMILES string of the molecule is CCOC(c1ccccc1)C(O)c1cncc(OC)c1. The van der Waals surface area contributed by atoms with Gasteiger partial charge in [-0.05, 0) is 18.6 Å². The summed E-state index contributed by atoms with van der Waals surface area (Å²) in [5.74, 6) is 0.616. The quantitative estimate of drug-likeness (QED) is 0.879. The molecule has 0 aliphatic carbocycles. The standard InChI is InChI=1S/C16H19NO3/c1-3-20-16(12-7-5-4-6-8-12)15(18)13-9-14(19-2)11-17-10-13/h4-11,15-16,18H,3H2,1-2H3. The number of aromatic nitrogens is 1. The molecule has 4 nitrogen and oxygen atoms in total. The number of ether oxygens (including phenoxy) is 2. The number of pyridine rings is 1. The summed E-state index contributed by atoms with van der Waals surface area (Å²) in [6, 6.07) is 11.4. The van der Waals surface area contributed by atoms with Crippen molar-refractivity contribution in [2.75, 3.05) is 13.7 Å². The number of hydrogen-bond donors (Lipinski definition) is 1. The van der Waals surface area contributed by atoms with Crippen molar-refractivity contribution in [2.45, 2.75) is 19.1 Å². The number of methoxy groups -OCH3 is 1. The van der Waals surface area contributed by atoms with E-state index >= 15 is 0 Å². The maximum Gasteiger partial charge on any atom is 0.137 e. The zero-order valence-corrected chi connectivity index (χ0v) is 11.7. The molecule has 0 spiro atoms. The lowest BCUT2D eigenvalue weighted by atomic mass is 9.99. The van der Waals surface area contributed by atoms with Crippen LogP contribution < -0.4 is 4.74 Å². The molecule has 1 N–H and O–H groups in total. The average molecular weight is 273 g/mol. The molecule has 0 aliphatic heterocycles. The largest absolute Gasteiger partial charge is 0.495 e. The van der Waals surface area contributed by atoms with E-state index in [2.05, 4.69) is 4.98 Å². The van der Waals surface area contributed by atoms with Gasteiger partial charge in [0.15, 0.2) is 0 Å². The lowest BCUT2D eigenvalue weighted by molar-refractivity contribution is -0.0363. The lowest BCUT2D eigenvalue weighted by Gasteiger charge is -2.23. The molecule has 0 bridgehead atoms. The van der Waals surface area contributed by atoms with Gasteiger partial charge in [0.25, 0.3) is 0 Å². The van der Waals surface area contributed by atoms with Crippen LogP contribution in [0.4, 0.5) is 0 Å². The summed E-state index contributed by atoms with van der Waals surface area (Å²) < 4.78 is 10.8. The number of rotatable bonds is 6. The van der Waals surface area contributed by atoms with Crippen LogP contribution in [0.15, 0.2) is 48.8 Å². The highest BCUT2D eigenvalue weighted by Gasteiger charge is 2.23. The van der Waals surface area contributed by atoms with Gasteiger partial charge in [0.05, 0.1) is 13.3 Å². The number of aliphatic hydroxyl groups excluding tert-OH is 1. The van der Waals surface area contributed by atoms with E-state index in [4.69, 9.17) is 9.47 Å². The maximum atomic E-state index is 10.6. The van der Waals surface area contributed by atoms with Crippen LogP contribution in [0.2, 0.25) is 0 Å². The first-order valence-electron chi connectivity index (χ1n) is 6.59. The van der Waals surface area contributed by atoms with Gasteiger partial charge in [-0.3, -0.25) is 4.98 Å². The highest BCUT2D eigenvalue weighted by Crippen LogP contribution is 2.32. The second-order valence-electron chi connectivity index (χ2n) is 4.39. The normalized spacial score (nSPS) is 13.8. The summed E-state index contributed by atoms with van der Waals surface area (Å²) in [7, 11) is 1.57. The van der Waals surface area contributed by atoms with Crippen molar-refractivity contribution < 1.29 is 14.6 Å². The van der Waals surface area contributed by atoms with Gasteiger partial charge in [-0.25, -0.2) is 0 Å². The Bertz CT molecular complexity index is 530. The predicted molar refractivity (Wildman–Crippen MR) is 76.6 cm³/mol. The summed E-state index contributed by atoms with van der Waals surface area (Å²) in [5.41, 5.74) is 1.61. The van der Waals surface area contributed by atoms with Gasteiger partial charge in [0, 0.05) is 18.4 Å². The minimum atomic E-state index is -0.792. The molecule has 2 aromatic rings. The van der Waals surface area contributed by atoms with E-state index in [1.54, 1.807) is 25.6 Å². The Kier molecular flexibility index (Phi) is 5.09. The monoisotopic (exact) mass is 273 g/mol. The highest BCUT2D eigenvalue weighted by atomic mass is 16.5. The second-order valence-corrected chi connectivity index (χ2v) is 4.39. The smallest absolute Gasteiger partial charge is 0.137 e. The van der Waals surface area contributed by atoms with Gasteiger partial charge in [0.1, 0.15) is 18.0 Å². The van der Waals surface area contributed by atoms with Crippen molar-refractivity contribution >= 4 is 0 Å². The Hall–Kier alpha value is -1.91. The number of benzene rings is 1. The van der Waals surface area contributed by atoms with Gasteiger partial charge < -0.3 is 14.6 Å². The first-order valence-corrected chi connectivity index (χ1v) is 6.59. The Morgan fingerprint density at radius 1 is 1.15 bits per heavy atom. The molecule has 1 aromatic carbocycles. The number of nitrogens with zero attached hydrogens (tertiary/aromatic N) is 1. The zero-order chi connectivity index (χ0) is 14.4. The summed E-state index contributed by atoms with van der Waals surface area (Å²) in [5, 5.41) is 10.6. The number of aliphatic hydroxyl groups is 1. The third kappa shape index (κ3) is 3.35. The van der Waals surface area contributed by atoms with Gasteiger partial charge in [-0.15, -0.1) is 0 Å². The first-order chi connectivity index (χ1) is 9.76. The molecule has 2 atom stereocenters. The van der Waals surface area contributed by atoms with Crippen LogP contribution in [-0.4, -0.2) is 23.8 Å². The highest BCUT2D eigenvalue weighted by molar-refractivity contribution is 5.28. The molecule has 4 heteroatoms. The maximum absolute atomic E-state index is 10.6. The molecule has 1 heterocycles. The van der Waals surface area contributed by atoms with Crippen LogP contribution in [0, 0.1) is 0 Å². The molecule has 2 rings (SSSR count). The van der Waals surface area contributed by atoms with Crippen molar-refractivity contribution in [2.24, 2.45) is 0 Å². The molecule has 0 radical (unpaired) electrons. The molecule has 20 heavy (non-hydrogen) atoms. The Morgan fingerprint density at radius 2 is 1.90 bits per heavy atom. The third-order valence-corrected chi connectivity index (χ3v) is 3.07. The van der Waals surface area contributed by atoms with Crippen LogP contribution in [0.5, 0.6) is 5.75 Å². The predicted octanol–water partition coefficient (Wildman–Crippen LogP) is 2.90. The Balaban J connectivity index is 2.28. The van der Waals surface area contributed by atoms with Crippen molar-refractivity contribution in [1.82, 2.24) is 4.98 Å². The van der Waals surface area contributed by atoms with E-state index in [-0.39, 0.29) is 0 Å². The fourth-order valence-electron chi connectivity index (χ4n) is 2.08. The zero-order valence-electron chi connectivity index (χ0n) is 11.7. The van der Waals surface area contributed by atoms with Crippen molar-refractivity contribution in [3.8, 4) is 5.75 Å². The van der Waals surface area contributed by atoms with Gasteiger partial charge in [0.2, 0.25) is 0 Å².